The number of nitrogens with zero attached hydrogens (tertiary/aromatic N) is 1. The topological polar surface area (TPSA) is 115 Å². The van der Waals surface area contributed by atoms with Crippen molar-refractivity contribution in [3.8, 4) is 17.2 Å². The third-order valence-corrected chi connectivity index (χ3v) is 3.83. The molecular weight excluding hydrogens is 391 g/mol. The molecule has 0 saturated carbocycles. The summed E-state index contributed by atoms with van der Waals surface area (Å²) in [5.41, 5.74) is -0.653. The normalized spacial score (nSPS) is 11.1. The Bertz CT molecular complexity index is 1050. The maximum Gasteiger partial charge on any atom is 0.418 e. The van der Waals surface area contributed by atoms with Gasteiger partial charge in [0.1, 0.15) is 11.5 Å². The van der Waals surface area contributed by atoms with Crippen LogP contribution in [0.25, 0.3) is 0 Å². The lowest BCUT2D eigenvalue weighted by Crippen LogP contribution is -2.12. The molecule has 0 aliphatic rings. The van der Waals surface area contributed by atoms with Crippen molar-refractivity contribution in [2.24, 2.45) is 0 Å². The van der Waals surface area contributed by atoms with Gasteiger partial charge in [-0.25, -0.2) is 4.98 Å². The van der Waals surface area contributed by atoms with Crippen molar-refractivity contribution >= 4 is 23.1 Å². The summed E-state index contributed by atoms with van der Waals surface area (Å²) in [6.45, 7) is 0. The van der Waals surface area contributed by atoms with Gasteiger partial charge in [0, 0.05) is 17.4 Å². The first kappa shape index (κ1) is 19.8. The van der Waals surface area contributed by atoms with Gasteiger partial charge < -0.3 is 26.0 Å². The Morgan fingerprint density at radius 2 is 1.62 bits per heavy atom. The van der Waals surface area contributed by atoms with Crippen molar-refractivity contribution in [2.75, 3.05) is 10.6 Å². The molecule has 1 heterocycles. The van der Waals surface area contributed by atoms with Crippen molar-refractivity contribution in [1.29, 1.82) is 0 Å². The number of phenols is 2. The molecule has 29 heavy (non-hydrogen) atoms. The average Bonchev–Trinajstić information content (AvgIpc) is 2.66. The number of phenolic OH excluding ortho intramolecular Hbond substituents is 2. The number of anilines is 3. The number of rotatable bonds is 4. The molecule has 0 aliphatic carbocycles. The molecule has 0 spiro atoms. The van der Waals surface area contributed by atoms with E-state index in [9.17, 15) is 33.3 Å². The van der Waals surface area contributed by atoms with E-state index in [2.05, 4.69) is 15.6 Å². The molecule has 5 N–H and O–H groups in total. The highest BCUT2D eigenvalue weighted by molar-refractivity contribution is 6.05. The minimum Gasteiger partial charge on any atom is -0.508 e. The number of carbonyl (C=O) groups excluding carboxylic acids is 1. The lowest BCUT2D eigenvalue weighted by Gasteiger charge is -2.13. The molecule has 0 radical (unpaired) electrons. The van der Waals surface area contributed by atoms with Gasteiger partial charge in [0.2, 0.25) is 0 Å². The number of benzene rings is 2. The molecule has 0 bridgehead atoms. The lowest BCUT2D eigenvalue weighted by molar-refractivity contribution is -0.137. The van der Waals surface area contributed by atoms with Crippen LogP contribution in [0.15, 0.2) is 54.7 Å². The fourth-order valence-corrected chi connectivity index (χ4v) is 2.36. The van der Waals surface area contributed by atoms with E-state index in [0.29, 0.717) is 18.0 Å². The Morgan fingerprint density at radius 3 is 2.24 bits per heavy atom. The van der Waals surface area contributed by atoms with Gasteiger partial charge in [-0.1, -0.05) is 0 Å². The van der Waals surface area contributed by atoms with Gasteiger partial charge in [-0.05, 0) is 48.5 Å². The van der Waals surface area contributed by atoms with E-state index in [-0.39, 0.29) is 28.6 Å². The summed E-state index contributed by atoms with van der Waals surface area (Å²) in [6.07, 6.45) is -4.14. The lowest BCUT2D eigenvalue weighted by atomic mass is 10.1. The van der Waals surface area contributed by atoms with Crippen LogP contribution in [0.2, 0.25) is 0 Å². The van der Waals surface area contributed by atoms with Crippen LogP contribution >= 0.6 is 0 Å². The molecule has 2 aromatic carbocycles. The molecule has 3 rings (SSSR count). The zero-order valence-electron chi connectivity index (χ0n) is 14.5. The largest absolute Gasteiger partial charge is 0.508 e. The molecule has 0 atom stereocenters. The highest BCUT2D eigenvalue weighted by Gasteiger charge is 2.31. The molecule has 150 valence electrons. The number of aromatic nitrogens is 1. The SMILES string of the molecule is O=C(Nc1ccc(O)cc1)c1ccc(O)c(Nc2ncc(C(F)(F)F)cc2O)c1. The number of alkyl halides is 3. The van der Waals surface area contributed by atoms with Gasteiger partial charge >= 0.3 is 6.18 Å². The number of hydrogen-bond donors (Lipinski definition) is 5. The highest BCUT2D eigenvalue weighted by Crippen LogP contribution is 2.35. The number of amides is 1. The highest BCUT2D eigenvalue weighted by atomic mass is 19.4. The molecule has 7 nitrogen and oxygen atoms in total. The van der Waals surface area contributed by atoms with Crippen molar-refractivity contribution in [3.63, 3.8) is 0 Å². The Kier molecular flexibility index (Phi) is 5.18. The summed E-state index contributed by atoms with van der Waals surface area (Å²) in [5, 5.41) is 34.1. The zero-order valence-corrected chi connectivity index (χ0v) is 14.5. The number of carbonyl (C=O) groups is 1. The zero-order chi connectivity index (χ0) is 21.2. The van der Waals surface area contributed by atoms with Crippen LogP contribution in [-0.2, 0) is 6.18 Å². The summed E-state index contributed by atoms with van der Waals surface area (Å²) in [5.74, 6) is -1.93. The number of pyridine rings is 1. The average molecular weight is 405 g/mol. The Hall–Kier alpha value is -3.95. The van der Waals surface area contributed by atoms with Crippen molar-refractivity contribution in [2.45, 2.75) is 6.18 Å². The van der Waals surface area contributed by atoms with Gasteiger partial charge in [-0.15, -0.1) is 0 Å². The smallest absolute Gasteiger partial charge is 0.418 e. The van der Waals surface area contributed by atoms with Gasteiger partial charge in [0.25, 0.3) is 5.91 Å². The predicted octanol–water partition coefficient (Wildman–Crippen LogP) is 4.21. The molecule has 0 unspecified atom stereocenters. The Morgan fingerprint density at radius 1 is 0.931 bits per heavy atom. The van der Waals surface area contributed by atoms with Crippen molar-refractivity contribution < 1.29 is 33.3 Å². The van der Waals surface area contributed by atoms with E-state index in [0.717, 1.165) is 0 Å². The summed E-state index contributed by atoms with van der Waals surface area (Å²) in [7, 11) is 0. The van der Waals surface area contributed by atoms with E-state index < -0.39 is 23.4 Å². The first-order valence-electron chi connectivity index (χ1n) is 8.10. The van der Waals surface area contributed by atoms with Gasteiger partial charge in [0.05, 0.1) is 11.3 Å². The van der Waals surface area contributed by atoms with Crippen LogP contribution in [-0.4, -0.2) is 26.2 Å². The number of halogens is 3. The van der Waals surface area contributed by atoms with Crippen LogP contribution in [0.4, 0.5) is 30.4 Å². The molecule has 1 aromatic heterocycles. The molecule has 10 heteroatoms. The first-order chi connectivity index (χ1) is 13.6. The minimum absolute atomic E-state index is 0.0305. The standard InChI is InChI=1S/C19H14F3N3O4/c20-19(21,22)11-8-16(28)17(23-9-11)25-14-7-10(1-6-15(14)27)18(29)24-12-2-4-13(26)5-3-12/h1-9,26-28H,(H,23,25)(H,24,29). The van der Waals surface area contributed by atoms with E-state index in [1.54, 1.807) is 0 Å². The molecule has 0 fully saturated rings. The van der Waals surface area contributed by atoms with Crippen LogP contribution < -0.4 is 10.6 Å². The summed E-state index contributed by atoms with van der Waals surface area (Å²) >= 11 is 0. The Labute approximate surface area is 162 Å². The number of aromatic hydroxyl groups is 3. The number of hydrogen-bond acceptors (Lipinski definition) is 6. The molecule has 0 saturated heterocycles. The molecule has 1 amide bonds. The van der Waals surface area contributed by atoms with Crippen LogP contribution in [0, 0.1) is 0 Å². The Balaban J connectivity index is 1.82. The fourth-order valence-electron chi connectivity index (χ4n) is 2.36. The van der Waals surface area contributed by atoms with Crippen molar-refractivity contribution in [1.82, 2.24) is 4.98 Å². The quantitative estimate of drug-likeness (QED) is 0.328. The van der Waals surface area contributed by atoms with Crippen LogP contribution in [0.5, 0.6) is 17.2 Å². The summed E-state index contributed by atoms with van der Waals surface area (Å²) in [6, 6.07) is 10.0. The van der Waals surface area contributed by atoms with E-state index in [4.69, 9.17) is 0 Å². The number of nitrogens with one attached hydrogen (secondary N) is 2. The van der Waals surface area contributed by atoms with Gasteiger partial charge in [-0.3, -0.25) is 4.79 Å². The monoisotopic (exact) mass is 405 g/mol. The maximum absolute atomic E-state index is 12.7. The van der Waals surface area contributed by atoms with Crippen molar-refractivity contribution in [3.05, 3.63) is 65.9 Å². The molecule has 3 aromatic rings. The third-order valence-electron chi connectivity index (χ3n) is 3.83. The third kappa shape index (κ3) is 4.67. The second-order valence-corrected chi connectivity index (χ2v) is 5.95. The van der Waals surface area contributed by atoms with Crippen LogP contribution in [0.1, 0.15) is 15.9 Å². The molecular formula is C19H14F3N3O4. The fraction of sp³-hybridized carbons (Fsp3) is 0.0526. The second-order valence-electron chi connectivity index (χ2n) is 5.95. The van der Waals surface area contributed by atoms with Gasteiger partial charge in [0.15, 0.2) is 11.6 Å². The van der Waals surface area contributed by atoms with Crippen LogP contribution in [0.3, 0.4) is 0 Å². The van der Waals surface area contributed by atoms with E-state index >= 15 is 0 Å². The maximum atomic E-state index is 12.7. The first-order valence-corrected chi connectivity index (χ1v) is 8.10. The predicted molar refractivity (Wildman–Crippen MR) is 98.4 cm³/mol. The summed E-state index contributed by atoms with van der Waals surface area (Å²) in [4.78, 5) is 15.9. The minimum atomic E-state index is -4.67. The summed E-state index contributed by atoms with van der Waals surface area (Å²) < 4.78 is 38.0. The molecule has 0 aliphatic heterocycles. The van der Waals surface area contributed by atoms with E-state index in [1.807, 2.05) is 0 Å². The van der Waals surface area contributed by atoms with Gasteiger partial charge in [-0.2, -0.15) is 13.2 Å². The van der Waals surface area contributed by atoms with E-state index in [1.165, 1.54) is 42.5 Å². The second kappa shape index (κ2) is 7.58.